The zero-order valence-corrected chi connectivity index (χ0v) is 10.4. The number of rotatable bonds is 5. The van der Waals surface area contributed by atoms with Crippen molar-refractivity contribution in [3.63, 3.8) is 0 Å². The summed E-state index contributed by atoms with van der Waals surface area (Å²) in [5, 5.41) is 0. The van der Waals surface area contributed by atoms with Gasteiger partial charge in [-0.15, -0.1) is 11.3 Å². The minimum absolute atomic E-state index is 0.945. The normalized spacial score (nSPS) is 19.5. The van der Waals surface area contributed by atoms with Gasteiger partial charge in [-0.1, -0.05) is 39.0 Å². The lowest BCUT2D eigenvalue weighted by Crippen LogP contribution is -2.07. The summed E-state index contributed by atoms with van der Waals surface area (Å²) in [7, 11) is 0. The molecule has 1 fully saturated rings. The zero-order chi connectivity index (χ0) is 10.5. The smallest absolute Gasteiger partial charge is 0.0794 e. The molecule has 1 aliphatic rings. The molecule has 1 heterocycles. The van der Waals surface area contributed by atoms with E-state index >= 15 is 0 Å². The number of aromatic nitrogens is 1. The van der Waals surface area contributed by atoms with Gasteiger partial charge in [-0.05, 0) is 24.7 Å². The van der Waals surface area contributed by atoms with Gasteiger partial charge >= 0.3 is 0 Å². The van der Waals surface area contributed by atoms with E-state index < -0.39 is 0 Å². The molecule has 84 valence electrons. The quantitative estimate of drug-likeness (QED) is 0.725. The molecule has 2 heteroatoms. The van der Waals surface area contributed by atoms with Gasteiger partial charge in [-0.3, -0.25) is 4.98 Å². The molecule has 0 aromatic carbocycles. The maximum atomic E-state index is 4.12. The molecule has 15 heavy (non-hydrogen) atoms. The Balaban J connectivity index is 1.64. The van der Waals surface area contributed by atoms with E-state index in [0.29, 0.717) is 0 Å². The van der Waals surface area contributed by atoms with Gasteiger partial charge in [-0.25, -0.2) is 0 Å². The average molecular weight is 223 g/mol. The van der Waals surface area contributed by atoms with E-state index in [1.54, 1.807) is 11.3 Å². The Labute approximate surface area is 96.9 Å². The van der Waals surface area contributed by atoms with Gasteiger partial charge in [0.1, 0.15) is 0 Å². The van der Waals surface area contributed by atoms with Gasteiger partial charge in [0.25, 0.3) is 0 Å². The molecule has 1 aromatic rings. The molecule has 0 N–H and O–H groups in total. The first-order chi connectivity index (χ1) is 7.36. The number of thiazole rings is 1. The molecular weight excluding hydrogens is 202 g/mol. The Morgan fingerprint density at radius 3 is 2.93 bits per heavy atom. The Hall–Kier alpha value is -0.370. The topological polar surface area (TPSA) is 12.9 Å². The van der Waals surface area contributed by atoms with Crippen molar-refractivity contribution in [3.8, 4) is 0 Å². The number of nitrogens with zero attached hydrogens (tertiary/aromatic N) is 1. The van der Waals surface area contributed by atoms with Crippen molar-refractivity contribution in [2.24, 2.45) is 11.8 Å². The number of aryl methyl sites for hydroxylation is 1. The molecule has 0 aliphatic heterocycles. The predicted molar refractivity (Wildman–Crippen MR) is 66.2 cm³/mol. The molecule has 1 aliphatic carbocycles. The van der Waals surface area contributed by atoms with Gasteiger partial charge in [0.15, 0.2) is 0 Å². The maximum Gasteiger partial charge on any atom is 0.0794 e. The van der Waals surface area contributed by atoms with Gasteiger partial charge in [-0.2, -0.15) is 0 Å². The largest absolute Gasteiger partial charge is 0.253 e. The van der Waals surface area contributed by atoms with Crippen molar-refractivity contribution >= 4 is 11.3 Å². The van der Waals surface area contributed by atoms with Crippen LogP contribution < -0.4 is 0 Å². The van der Waals surface area contributed by atoms with Crippen LogP contribution in [0.2, 0.25) is 0 Å². The highest BCUT2D eigenvalue weighted by atomic mass is 32.1. The highest BCUT2D eigenvalue weighted by Gasteiger charge is 2.20. The molecule has 1 aromatic heterocycles. The summed E-state index contributed by atoms with van der Waals surface area (Å²) in [6.07, 6.45) is 11.9. The third-order valence-corrected chi connectivity index (χ3v) is 4.61. The third-order valence-electron chi connectivity index (χ3n) is 3.77. The van der Waals surface area contributed by atoms with Crippen LogP contribution in [-0.2, 0) is 6.42 Å². The van der Waals surface area contributed by atoms with Crippen LogP contribution in [0.5, 0.6) is 0 Å². The third kappa shape index (κ3) is 3.30. The van der Waals surface area contributed by atoms with Gasteiger partial charge in [0.2, 0.25) is 0 Å². The average Bonchev–Trinajstić information content (AvgIpc) is 2.90. The van der Waals surface area contributed by atoms with Crippen molar-refractivity contribution in [3.05, 3.63) is 16.6 Å². The molecule has 0 amide bonds. The van der Waals surface area contributed by atoms with Crippen molar-refractivity contribution in [2.75, 3.05) is 0 Å². The molecule has 1 nitrogen and oxygen atoms in total. The maximum absolute atomic E-state index is 4.12. The predicted octanol–water partition coefficient (Wildman–Crippen LogP) is 4.29. The van der Waals surface area contributed by atoms with Crippen LogP contribution in [0.1, 0.15) is 50.3 Å². The second-order valence-electron chi connectivity index (χ2n) is 4.88. The lowest BCUT2D eigenvalue weighted by atomic mass is 9.88. The summed E-state index contributed by atoms with van der Waals surface area (Å²) < 4.78 is 0. The van der Waals surface area contributed by atoms with E-state index in [0.717, 1.165) is 11.8 Å². The van der Waals surface area contributed by atoms with E-state index in [2.05, 4.69) is 11.9 Å². The van der Waals surface area contributed by atoms with E-state index in [-0.39, 0.29) is 0 Å². The van der Waals surface area contributed by atoms with Gasteiger partial charge in [0.05, 0.1) is 5.51 Å². The Bertz CT molecular complexity index is 262. The first-order valence-corrected chi connectivity index (χ1v) is 7.11. The minimum Gasteiger partial charge on any atom is -0.253 e. The Kier molecular flexibility index (Phi) is 4.18. The minimum atomic E-state index is 0.945. The Morgan fingerprint density at radius 2 is 2.27 bits per heavy atom. The van der Waals surface area contributed by atoms with Gasteiger partial charge in [0, 0.05) is 11.1 Å². The van der Waals surface area contributed by atoms with Crippen LogP contribution in [0.25, 0.3) is 0 Å². The second kappa shape index (κ2) is 5.64. The van der Waals surface area contributed by atoms with E-state index in [1.165, 1.54) is 49.8 Å². The molecule has 1 atom stereocenters. The van der Waals surface area contributed by atoms with E-state index in [4.69, 9.17) is 0 Å². The summed E-state index contributed by atoms with van der Waals surface area (Å²) in [5.74, 6) is 1.98. The van der Waals surface area contributed by atoms with Crippen molar-refractivity contribution in [1.82, 2.24) is 4.98 Å². The van der Waals surface area contributed by atoms with Gasteiger partial charge < -0.3 is 0 Å². The zero-order valence-electron chi connectivity index (χ0n) is 9.61. The molecule has 1 saturated carbocycles. The molecule has 0 spiro atoms. The molecule has 0 saturated heterocycles. The highest BCUT2D eigenvalue weighted by Crippen LogP contribution is 2.33. The van der Waals surface area contributed by atoms with Crippen LogP contribution in [0.15, 0.2) is 11.7 Å². The highest BCUT2D eigenvalue weighted by molar-refractivity contribution is 7.09. The number of hydrogen-bond donors (Lipinski definition) is 0. The molecular formula is C13H21NS. The lowest BCUT2D eigenvalue weighted by Gasteiger charge is -2.18. The van der Waals surface area contributed by atoms with E-state index in [1.807, 2.05) is 11.7 Å². The molecule has 1 unspecified atom stereocenters. The molecule has 0 radical (unpaired) electrons. The Morgan fingerprint density at radius 1 is 1.47 bits per heavy atom. The first kappa shape index (κ1) is 11.1. The van der Waals surface area contributed by atoms with Crippen LogP contribution in [-0.4, -0.2) is 4.98 Å². The van der Waals surface area contributed by atoms with Crippen LogP contribution in [0, 0.1) is 11.8 Å². The van der Waals surface area contributed by atoms with Crippen molar-refractivity contribution in [1.29, 1.82) is 0 Å². The monoisotopic (exact) mass is 223 g/mol. The van der Waals surface area contributed by atoms with E-state index in [9.17, 15) is 0 Å². The summed E-state index contributed by atoms with van der Waals surface area (Å²) in [6.45, 7) is 2.45. The fourth-order valence-electron chi connectivity index (χ4n) is 2.73. The standard InChI is InChI=1S/C13H21NS/c1-11(12-6-2-3-7-12)5-4-8-13-9-14-10-15-13/h9-12H,2-8H2,1H3. The summed E-state index contributed by atoms with van der Waals surface area (Å²) in [6, 6.07) is 0. The van der Waals surface area contributed by atoms with Crippen LogP contribution in [0.4, 0.5) is 0 Å². The molecule has 0 bridgehead atoms. The summed E-state index contributed by atoms with van der Waals surface area (Å²) in [5.41, 5.74) is 1.94. The van der Waals surface area contributed by atoms with Crippen molar-refractivity contribution in [2.45, 2.75) is 51.9 Å². The molecule has 2 rings (SSSR count). The number of hydrogen-bond acceptors (Lipinski definition) is 2. The second-order valence-corrected chi connectivity index (χ2v) is 5.85. The summed E-state index contributed by atoms with van der Waals surface area (Å²) >= 11 is 1.80. The van der Waals surface area contributed by atoms with Crippen LogP contribution in [0.3, 0.4) is 0 Å². The SMILES string of the molecule is CC(CCCc1cncs1)C1CCCC1. The fraction of sp³-hybridized carbons (Fsp3) is 0.769. The summed E-state index contributed by atoms with van der Waals surface area (Å²) in [4.78, 5) is 5.57. The first-order valence-electron chi connectivity index (χ1n) is 6.23. The fourth-order valence-corrected chi connectivity index (χ4v) is 3.37. The van der Waals surface area contributed by atoms with Crippen LogP contribution >= 0.6 is 11.3 Å². The lowest BCUT2D eigenvalue weighted by molar-refractivity contribution is 0.339. The van der Waals surface area contributed by atoms with Crippen molar-refractivity contribution < 1.29 is 0 Å².